The highest BCUT2D eigenvalue weighted by molar-refractivity contribution is 7.92. The predicted molar refractivity (Wildman–Crippen MR) is 114 cm³/mol. The number of carbonyl (C=O) groups is 1. The Bertz CT molecular complexity index is 1100. The quantitative estimate of drug-likeness (QED) is 0.599. The first kappa shape index (κ1) is 20.4. The molecule has 0 heterocycles. The Kier molecular flexibility index (Phi) is 6.19. The van der Waals surface area contributed by atoms with E-state index < -0.39 is 15.9 Å². The number of hydrogen-bond donors (Lipinski definition) is 2. The minimum absolute atomic E-state index is 0.000665. The third-order valence-electron chi connectivity index (χ3n) is 3.93. The zero-order chi connectivity index (χ0) is 20.9. The number of benzene rings is 3. The highest BCUT2D eigenvalue weighted by atomic mass is 32.2. The summed E-state index contributed by atoms with van der Waals surface area (Å²) in [5.41, 5.74) is 1.18. The minimum Gasteiger partial charge on any atom is -0.489 e. The topological polar surface area (TPSA) is 84.5 Å². The van der Waals surface area contributed by atoms with Crippen LogP contribution in [0.15, 0.2) is 83.8 Å². The molecule has 29 heavy (non-hydrogen) atoms. The van der Waals surface area contributed by atoms with E-state index in [1.165, 1.54) is 18.2 Å². The fourth-order valence-corrected chi connectivity index (χ4v) is 3.75. The summed E-state index contributed by atoms with van der Waals surface area (Å²) in [6.07, 6.45) is -0.0504. The highest BCUT2D eigenvalue weighted by Gasteiger charge is 2.17. The molecule has 0 aliphatic carbocycles. The van der Waals surface area contributed by atoms with E-state index in [-0.39, 0.29) is 16.6 Å². The molecule has 2 N–H and O–H groups in total. The number of anilines is 2. The van der Waals surface area contributed by atoms with E-state index in [0.717, 1.165) is 0 Å². The zero-order valence-corrected chi connectivity index (χ0v) is 16.9. The summed E-state index contributed by atoms with van der Waals surface area (Å²) in [6, 6.07) is 21.5. The molecule has 6 nitrogen and oxygen atoms in total. The molecule has 0 atom stereocenters. The maximum absolute atomic E-state index is 12.7. The highest BCUT2D eigenvalue weighted by Crippen LogP contribution is 2.26. The third-order valence-corrected chi connectivity index (χ3v) is 5.31. The van der Waals surface area contributed by atoms with Crippen molar-refractivity contribution in [2.24, 2.45) is 0 Å². The number of amides is 1. The molecule has 0 unspecified atom stereocenters. The maximum Gasteiger partial charge on any atom is 0.261 e. The van der Waals surface area contributed by atoms with Crippen LogP contribution in [0.5, 0.6) is 5.75 Å². The molecule has 3 aromatic carbocycles. The first-order valence-electron chi connectivity index (χ1n) is 9.10. The van der Waals surface area contributed by atoms with Crippen LogP contribution in [0.3, 0.4) is 0 Å². The second-order valence-corrected chi connectivity index (χ2v) is 8.30. The second kappa shape index (κ2) is 8.79. The molecular formula is C22H22N2O4S. The van der Waals surface area contributed by atoms with Crippen LogP contribution >= 0.6 is 0 Å². The Morgan fingerprint density at radius 1 is 0.897 bits per heavy atom. The normalized spacial score (nSPS) is 11.1. The summed E-state index contributed by atoms with van der Waals surface area (Å²) >= 11 is 0. The SMILES string of the molecule is CC(C)Oc1ccccc1NC(=O)c1cccc(S(=O)(=O)Nc2ccccc2)c1. The Morgan fingerprint density at radius 3 is 2.31 bits per heavy atom. The number of nitrogens with one attached hydrogen (secondary N) is 2. The van der Waals surface area contributed by atoms with Gasteiger partial charge in [-0.1, -0.05) is 36.4 Å². The fourth-order valence-electron chi connectivity index (χ4n) is 2.65. The van der Waals surface area contributed by atoms with Crippen LogP contribution in [-0.2, 0) is 10.0 Å². The summed E-state index contributed by atoms with van der Waals surface area (Å²) in [6.45, 7) is 3.79. The van der Waals surface area contributed by atoms with Gasteiger partial charge in [0.1, 0.15) is 5.75 Å². The number of rotatable bonds is 7. The van der Waals surface area contributed by atoms with Gasteiger partial charge in [-0.15, -0.1) is 0 Å². The molecule has 3 rings (SSSR count). The van der Waals surface area contributed by atoms with Gasteiger partial charge >= 0.3 is 0 Å². The number of ether oxygens (including phenoxy) is 1. The lowest BCUT2D eigenvalue weighted by Crippen LogP contribution is -2.16. The van der Waals surface area contributed by atoms with Gasteiger partial charge in [0.25, 0.3) is 15.9 Å². The first-order valence-corrected chi connectivity index (χ1v) is 10.6. The number of carbonyl (C=O) groups excluding carboxylic acids is 1. The lowest BCUT2D eigenvalue weighted by Gasteiger charge is -2.15. The molecule has 0 aliphatic rings. The van der Waals surface area contributed by atoms with Crippen molar-refractivity contribution in [3.05, 3.63) is 84.4 Å². The van der Waals surface area contributed by atoms with Crippen LogP contribution in [0.4, 0.5) is 11.4 Å². The lowest BCUT2D eigenvalue weighted by molar-refractivity contribution is 0.102. The number of hydrogen-bond acceptors (Lipinski definition) is 4. The van der Waals surface area contributed by atoms with Crippen molar-refractivity contribution in [3.63, 3.8) is 0 Å². The minimum atomic E-state index is -3.82. The molecule has 0 radical (unpaired) electrons. The molecule has 0 fully saturated rings. The molecule has 0 saturated carbocycles. The Labute approximate surface area is 170 Å². The van der Waals surface area contributed by atoms with Gasteiger partial charge in [0.15, 0.2) is 0 Å². The third kappa shape index (κ3) is 5.36. The van der Waals surface area contributed by atoms with E-state index in [1.807, 2.05) is 19.9 Å². The summed E-state index contributed by atoms with van der Waals surface area (Å²) in [5.74, 6) is 0.118. The zero-order valence-electron chi connectivity index (χ0n) is 16.1. The van der Waals surface area contributed by atoms with Crippen LogP contribution in [0.2, 0.25) is 0 Å². The summed E-state index contributed by atoms with van der Waals surface area (Å²) in [4.78, 5) is 12.7. The summed E-state index contributed by atoms with van der Waals surface area (Å²) in [5, 5.41) is 2.78. The van der Waals surface area contributed by atoms with Gasteiger partial charge in [-0.2, -0.15) is 0 Å². The fraction of sp³-hybridized carbons (Fsp3) is 0.136. The van der Waals surface area contributed by atoms with Crippen molar-refractivity contribution in [3.8, 4) is 5.75 Å². The van der Waals surface area contributed by atoms with Crippen LogP contribution in [0, 0.1) is 0 Å². The Hall–Kier alpha value is -3.32. The molecule has 3 aromatic rings. The van der Waals surface area contributed by atoms with Gasteiger partial charge in [-0.05, 0) is 56.3 Å². The van der Waals surface area contributed by atoms with Crippen molar-refractivity contribution in [1.82, 2.24) is 0 Å². The van der Waals surface area contributed by atoms with Crippen molar-refractivity contribution in [1.29, 1.82) is 0 Å². The van der Waals surface area contributed by atoms with Crippen molar-refractivity contribution < 1.29 is 17.9 Å². The Morgan fingerprint density at radius 2 is 1.59 bits per heavy atom. The van der Waals surface area contributed by atoms with E-state index in [9.17, 15) is 13.2 Å². The van der Waals surface area contributed by atoms with Crippen LogP contribution in [-0.4, -0.2) is 20.4 Å². The molecule has 7 heteroatoms. The van der Waals surface area contributed by atoms with Gasteiger partial charge in [0.2, 0.25) is 0 Å². The molecule has 0 saturated heterocycles. The van der Waals surface area contributed by atoms with Gasteiger partial charge in [0.05, 0.1) is 16.7 Å². The average Bonchev–Trinajstić information content (AvgIpc) is 2.69. The summed E-state index contributed by atoms with van der Waals surface area (Å²) in [7, 11) is -3.82. The molecule has 0 spiro atoms. The number of para-hydroxylation sites is 3. The van der Waals surface area contributed by atoms with Gasteiger partial charge < -0.3 is 10.1 Å². The molecule has 1 amide bonds. The monoisotopic (exact) mass is 410 g/mol. The molecule has 0 aliphatic heterocycles. The summed E-state index contributed by atoms with van der Waals surface area (Å²) < 4.78 is 33.5. The Balaban J connectivity index is 1.82. The largest absolute Gasteiger partial charge is 0.489 e. The van der Waals surface area contributed by atoms with Crippen molar-refractivity contribution >= 4 is 27.3 Å². The predicted octanol–water partition coefficient (Wildman–Crippen LogP) is 4.53. The smallest absolute Gasteiger partial charge is 0.261 e. The van der Waals surface area contributed by atoms with Gasteiger partial charge in [0, 0.05) is 11.3 Å². The van der Waals surface area contributed by atoms with Crippen LogP contribution in [0.25, 0.3) is 0 Å². The van der Waals surface area contributed by atoms with Crippen LogP contribution in [0.1, 0.15) is 24.2 Å². The standard InChI is InChI=1S/C22H22N2O4S/c1-16(2)28-21-14-7-6-13-20(21)23-22(25)17-9-8-12-19(15-17)29(26,27)24-18-10-4-3-5-11-18/h3-16,24H,1-2H3,(H,23,25). The lowest BCUT2D eigenvalue weighted by atomic mass is 10.2. The molecule has 0 aromatic heterocycles. The number of sulfonamides is 1. The van der Waals surface area contributed by atoms with E-state index in [1.54, 1.807) is 54.6 Å². The molecule has 150 valence electrons. The van der Waals surface area contributed by atoms with E-state index >= 15 is 0 Å². The molecular weight excluding hydrogens is 388 g/mol. The van der Waals surface area contributed by atoms with Gasteiger partial charge in [-0.3, -0.25) is 9.52 Å². The van der Waals surface area contributed by atoms with Crippen molar-refractivity contribution in [2.45, 2.75) is 24.8 Å². The van der Waals surface area contributed by atoms with E-state index in [0.29, 0.717) is 17.1 Å². The molecule has 0 bridgehead atoms. The average molecular weight is 410 g/mol. The van der Waals surface area contributed by atoms with Gasteiger partial charge in [-0.25, -0.2) is 8.42 Å². The second-order valence-electron chi connectivity index (χ2n) is 6.62. The van der Waals surface area contributed by atoms with E-state index in [2.05, 4.69) is 10.0 Å². The maximum atomic E-state index is 12.7. The first-order chi connectivity index (χ1) is 13.8. The van der Waals surface area contributed by atoms with Crippen LogP contribution < -0.4 is 14.8 Å². The van der Waals surface area contributed by atoms with Crippen molar-refractivity contribution in [2.75, 3.05) is 10.0 Å². The van der Waals surface area contributed by atoms with E-state index in [4.69, 9.17) is 4.74 Å².